The first-order chi connectivity index (χ1) is 13.9. The minimum atomic E-state index is -3.56. The molecule has 0 spiro atoms. The Labute approximate surface area is 169 Å². The lowest BCUT2D eigenvalue weighted by atomic mass is 10.0. The second-order valence-electron chi connectivity index (χ2n) is 7.54. The van der Waals surface area contributed by atoms with E-state index in [1.165, 1.54) is 28.6 Å². The van der Waals surface area contributed by atoms with Crippen LogP contribution in [0.4, 0.5) is 6.01 Å². The van der Waals surface area contributed by atoms with Gasteiger partial charge in [-0.05, 0) is 55.9 Å². The van der Waals surface area contributed by atoms with Crippen LogP contribution in [0.5, 0.6) is 0 Å². The van der Waals surface area contributed by atoms with Crippen molar-refractivity contribution in [3.63, 3.8) is 0 Å². The number of hydrogen-bond donors (Lipinski definition) is 1. The van der Waals surface area contributed by atoms with Crippen LogP contribution in [0.3, 0.4) is 0 Å². The molecule has 1 aromatic heterocycles. The van der Waals surface area contributed by atoms with Crippen molar-refractivity contribution in [3.8, 4) is 0 Å². The smallest absolute Gasteiger partial charge is 0.322 e. The Morgan fingerprint density at radius 2 is 1.97 bits per heavy atom. The highest BCUT2D eigenvalue weighted by Crippen LogP contribution is 2.28. The summed E-state index contributed by atoms with van der Waals surface area (Å²) in [5, 5.41) is 10.3. The highest BCUT2D eigenvalue weighted by Gasteiger charge is 2.29. The summed E-state index contributed by atoms with van der Waals surface area (Å²) >= 11 is 0. The molecule has 4 rings (SSSR count). The number of nitrogens with zero attached hydrogens (tertiary/aromatic N) is 3. The number of hydrogen-bond acceptors (Lipinski definition) is 7. The third-order valence-electron chi connectivity index (χ3n) is 5.24. The molecule has 3 heterocycles. The lowest BCUT2D eigenvalue weighted by molar-refractivity contribution is 0.0893. The number of ether oxygens (including phenoxy) is 1. The van der Waals surface area contributed by atoms with Gasteiger partial charge in [-0.15, -0.1) is 5.10 Å². The highest BCUT2D eigenvalue weighted by molar-refractivity contribution is 7.89. The molecule has 1 aromatic carbocycles. The van der Waals surface area contributed by atoms with Gasteiger partial charge in [0.1, 0.15) is 6.10 Å². The van der Waals surface area contributed by atoms with Gasteiger partial charge < -0.3 is 9.15 Å². The molecular formula is C19H24N4O5S. The van der Waals surface area contributed by atoms with Crippen LogP contribution >= 0.6 is 0 Å². The van der Waals surface area contributed by atoms with Crippen LogP contribution in [0.1, 0.15) is 55.0 Å². The number of benzene rings is 1. The van der Waals surface area contributed by atoms with Crippen LogP contribution in [0.25, 0.3) is 0 Å². The number of piperidine rings is 1. The van der Waals surface area contributed by atoms with Crippen molar-refractivity contribution >= 4 is 21.9 Å². The first-order valence-corrected chi connectivity index (χ1v) is 11.2. The number of amides is 1. The maximum Gasteiger partial charge on any atom is 0.322 e. The molecule has 2 aromatic rings. The summed E-state index contributed by atoms with van der Waals surface area (Å²) in [6, 6.07) is 5.85. The molecule has 1 N–H and O–H groups in total. The van der Waals surface area contributed by atoms with E-state index in [1.54, 1.807) is 0 Å². The molecule has 9 nitrogen and oxygen atoms in total. The maximum atomic E-state index is 12.8. The Hall–Kier alpha value is -2.30. The molecule has 2 unspecified atom stereocenters. The normalized spacial score (nSPS) is 23.2. The standard InChI is InChI=1S/C19H24N4O5S/c1-13-4-2-10-23(12-13)29(25,26)15-8-6-14(7-9-15)17(24)20-19-22-21-18(28-19)16-5-3-11-27-16/h6-9,13,16H,2-5,10-12H2,1H3,(H,20,22,24). The Morgan fingerprint density at radius 3 is 2.66 bits per heavy atom. The van der Waals surface area contributed by atoms with E-state index in [0.29, 0.717) is 37.1 Å². The van der Waals surface area contributed by atoms with E-state index in [-0.39, 0.29) is 17.0 Å². The van der Waals surface area contributed by atoms with Crippen LogP contribution < -0.4 is 5.32 Å². The minimum Gasteiger partial charge on any atom is -0.405 e. The first kappa shape index (κ1) is 20.0. The van der Waals surface area contributed by atoms with E-state index < -0.39 is 15.9 Å². The van der Waals surface area contributed by atoms with E-state index in [0.717, 1.165) is 25.7 Å². The number of rotatable bonds is 5. The highest BCUT2D eigenvalue weighted by atomic mass is 32.2. The fraction of sp³-hybridized carbons (Fsp3) is 0.526. The maximum absolute atomic E-state index is 12.8. The SMILES string of the molecule is CC1CCCN(S(=O)(=O)c2ccc(C(=O)Nc3nnc(C4CCCO4)o3)cc2)C1. The Kier molecular flexibility index (Phi) is 5.66. The van der Waals surface area contributed by atoms with Crippen molar-refractivity contribution < 1.29 is 22.4 Å². The van der Waals surface area contributed by atoms with Crippen molar-refractivity contribution in [3.05, 3.63) is 35.7 Å². The van der Waals surface area contributed by atoms with Crippen molar-refractivity contribution in [1.29, 1.82) is 0 Å². The molecule has 2 aliphatic heterocycles. The van der Waals surface area contributed by atoms with Crippen molar-refractivity contribution in [2.45, 2.75) is 43.6 Å². The van der Waals surface area contributed by atoms with Gasteiger partial charge in [0.2, 0.25) is 15.9 Å². The second-order valence-corrected chi connectivity index (χ2v) is 9.47. The predicted octanol–water partition coefficient (Wildman–Crippen LogP) is 2.59. The molecule has 1 amide bonds. The molecule has 29 heavy (non-hydrogen) atoms. The molecular weight excluding hydrogens is 396 g/mol. The average Bonchev–Trinajstić information content (AvgIpc) is 3.40. The topological polar surface area (TPSA) is 115 Å². The summed E-state index contributed by atoms with van der Waals surface area (Å²) in [5.74, 6) is 0.232. The van der Waals surface area contributed by atoms with Crippen LogP contribution in [0, 0.1) is 5.92 Å². The van der Waals surface area contributed by atoms with Gasteiger partial charge in [0.05, 0.1) is 4.90 Å². The lowest BCUT2D eigenvalue weighted by Crippen LogP contribution is -2.39. The molecule has 2 fully saturated rings. The molecule has 0 aliphatic carbocycles. The van der Waals surface area contributed by atoms with Gasteiger partial charge in [-0.2, -0.15) is 4.31 Å². The van der Waals surface area contributed by atoms with Gasteiger partial charge in [0.25, 0.3) is 5.91 Å². The summed E-state index contributed by atoms with van der Waals surface area (Å²) in [6.07, 6.45) is 3.41. The fourth-order valence-corrected chi connectivity index (χ4v) is 5.25. The quantitative estimate of drug-likeness (QED) is 0.790. The van der Waals surface area contributed by atoms with Crippen molar-refractivity contribution in [2.75, 3.05) is 25.0 Å². The van der Waals surface area contributed by atoms with E-state index in [2.05, 4.69) is 22.4 Å². The molecule has 2 saturated heterocycles. The van der Waals surface area contributed by atoms with Crippen LogP contribution in [-0.4, -0.2) is 48.5 Å². The minimum absolute atomic E-state index is 0.0143. The van der Waals surface area contributed by atoms with E-state index in [9.17, 15) is 13.2 Å². The summed E-state index contributed by atoms with van der Waals surface area (Å²) < 4.78 is 38.1. The summed E-state index contributed by atoms with van der Waals surface area (Å²) in [5.41, 5.74) is 0.299. The fourth-order valence-electron chi connectivity index (χ4n) is 3.65. The average molecular weight is 420 g/mol. The molecule has 2 aliphatic rings. The zero-order valence-electron chi connectivity index (χ0n) is 16.2. The monoisotopic (exact) mass is 420 g/mol. The van der Waals surface area contributed by atoms with E-state index in [4.69, 9.17) is 9.15 Å². The van der Waals surface area contributed by atoms with Gasteiger partial charge in [-0.1, -0.05) is 12.0 Å². The zero-order chi connectivity index (χ0) is 20.4. The number of carbonyl (C=O) groups is 1. The molecule has 156 valence electrons. The third kappa shape index (κ3) is 4.34. The summed E-state index contributed by atoms with van der Waals surface area (Å²) in [7, 11) is -3.56. The third-order valence-corrected chi connectivity index (χ3v) is 7.12. The molecule has 0 radical (unpaired) electrons. The molecule has 0 bridgehead atoms. The van der Waals surface area contributed by atoms with Gasteiger partial charge in [0, 0.05) is 25.3 Å². The van der Waals surface area contributed by atoms with Crippen LogP contribution in [0.15, 0.2) is 33.6 Å². The molecule has 0 saturated carbocycles. The molecule has 10 heteroatoms. The number of aromatic nitrogens is 2. The predicted molar refractivity (Wildman–Crippen MR) is 104 cm³/mol. The van der Waals surface area contributed by atoms with E-state index in [1.807, 2.05) is 0 Å². The van der Waals surface area contributed by atoms with Crippen molar-refractivity contribution in [1.82, 2.24) is 14.5 Å². The van der Waals surface area contributed by atoms with Crippen molar-refractivity contribution in [2.24, 2.45) is 5.92 Å². The van der Waals surface area contributed by atoms with Crippen LogP contribution in [-0.2, 0) is 14.8 Å². The number of carbonyl (C=O) groups excluding carboxylic acids is 1. The zero-order valence-corrected chi connectivity index (χ0v) is 17.0. The van der Waals surface area contributed by atoms with Gasteiger partial charge in [0.15, 0.2) is 0 Å². The number of sulfonamides is 1. The van der Waals surface area contributed by atoms with E-state index >= 15 is 0 Å². The Morgan fingerprint density at radius 1 is 1.17 bits per heavy atom. The Balaban J connectivity index is 1.42. The second kappa shape index (κ2) is 8.21. The molecule has 2 atom stereocenters. The number of nitrogens with one attached hydrogen (secondary N) is 1. The lowest BCUT2D eigenvalue weighted by Gasteiger charge is -2.30. The Bertz CT molecular complexity index is 967. The van der Waals surface area contributed by atoms with Gasteiger partial charge in [-0.3, -0.25) is 10.1 Å². The van der Waals surface area contributed by atoms with Gasteiger partial charge >= 0.3 is 6.01 Å². The largest absolute Gasteiger partial charge is 0.405 e. The number of anilines is 1. The van der Waals surface area contributed by atoms with Crippen LogP contribution in [0.2, 0.25) is 0 Å². The summed E-state index contributed by atoms with van der Waals surface area (Å²) in [6.45, 7) is 3.76. The summed E-state index contributed by atoms with van der Waals surface area (Å²) in [4.78, 5) is 12.6. The van der Waals surface area contributed by atoms with Gasteiger partial charge in [-0.25, -0.2) is 8.42 Å². The first-order valence-electron chi connectivity index (χ1n) is 9.80.